The average molecular weight is 222 g/mol. The van der Waals surface area contributed by atoms with Crippen molar-refractivity contribution < 1.29 is 14.6 Å². The molecule has 3 nitrogen and oxygen atoms in total. The molecule has 0 spiro atoms. The Kier molecular flexibility index (Phi) is 4.50. The van der Waals surface area contributed by atoms with Crippen molar-refractivity contribution in [2.45, 2.75) is 39.4 Å². The third-order valence-corrected chi connectivity index (χ3v) is 2.50. The second kappa shape index (κ2) is 5.66. The van der Waals surface area contributed by atoms with Gasteiger partial charge in [-0.05, 0) is 38.1 Å². The summed E-state index contributed by atoms with van der Waals surface area (Å²) in [5.74, 6) is 0.788. The Bertz CT molecular complexity index is 341. The summed E-state index contributed by atoms with van der Waals surface area (Å²) in [4.78, 5) is 11.4. The van der Waals surface area contributed by atoms with Gasteiger partial charge in [-0.1, -0.05) is 6.92 Å². The van der Waals surface area contributed by atoms with E-state index in [1.807, 2.05) is 6.92 Å². The molecule has 0 aliphatic rings. The van der Waals surface area contributed by atoms with E-state index in [0.29, 0.717) is 17.7 Å². The molecule has 0 heterocycles. The highest BCUT2D eigenvalue weighted by atomic mass is 16.5. The van der Waals surface area contributed by atoms with Crippen LogP contribution in [0.15, 0.2) is 24.3 Å². The zero-order chi connectivity index (χ0) is 12.1. The molecular formula is C13H18O3. The number of carbonyl (C=O) groups is 1. The average Bonchev–Trinajstić information content (AvgIpc) is 2.28. The first-order valence-corrected chi connectivity index (χ1v) is 5.52. The molecule has 0 aliphatic carbocycles. The SMILES string of the molecule is CCC(=O)c1ccc(OC(C)C(C)O)cc1. The van der Waals surface area contributed by atoms with Crippen LogP contribution < -0.4 is 4.74 Å². The molecule has 0 fully saturated rings. The van der Waals surface area contributed by atoms with Crippen molar-refractivity contribution in [3.05, 3.63) is 29.8 Å². The van der Waals surface area contributed by atoms with Crippen LogP contribution in [0.2, 0.25) is 0 Å². The number of hydrogen-bond acceptors (Lipinski definition) is 3. The van der Waals surface area contributed by atoms with Crippen molar-refractivity contribution in [1.29, 1.82) is 0 Å². The predicted molar refractivity (Wildman–Crippen MR) is 62.8 cm³/mol. The lowest BCUT2D eigenvalue weighted by atomic mass is 10.1. The molecule has 16 heavy (non-hydrogen) atoms. The Labute approximate surface area is 96.1 Å². The maximum Gasteiger partial charge on any atom is 0.162 e. The highest BCUT2D eigenvalue weighted by molar-refractivity contribution is 5.95. The van der Waals surface area contributed by atoms with Crippen molar-refractivity contribution in [1.82, 2.24) is 0 Å². The first-order chi connectivity index (χ1) is 7.54. The van der Waals surface area contributed by atoms with Crippen LogP contribution in [0.25, 0.3) is 0 Å². The maximum atomic E-state index is 11.4. The maximum absolute atomic E-state index is 11.4. The molecule has 0 amide bonds. The van der Waals surface area contributed by atoms with E-state index >= 15 is 0 Å². The summed E-state index contributed by atoms with van der Waals surface area (Å²) < 4.78 is 5.48. The molecule has 0 radical (unpaired) electrons. The van der Waals surface area contributed by atoms with Gasteiger partial charge in [0.05, 0.1) is 6.10 Å². The highest BCUT2D eigenvalue weighted by Gasteiger charge is 2.10. The lowest BCUT2D eigenvalue weighted by molar-refractivity contribution is 0.0604. The summed E-state index contributed by atoms with van der Waals surface area (Å²) in [5, 5.41) is 9.28. The Morgan fingerprint density at radius 3 is 2.31 bits per heavy atom. The van der Waals surface area contributed by atoms with Crippen molar-refractivity contribution in [3.8, 4) is 5.75 Å². The second-order valence-electron chi connectivity index (χ2n) is 3.86. The van der Waals surface area contributed by atoms with Gasteiger partial charge in [-0.15, -0.1) is 0 Å². The van der Waals surface area contributed by atoms with Gasteiger partial charge in [-0.3, -0.25) is 4.79 Å². The van der Waals surface area contributed by atoms with E-state index in [4.69, 9.17) is 4.74 Å². The number of ketones is 1. The number of rotatable bonds is 5. The summed E-state index contributed by atoms with van der Waals surface area (Å²) in [5.41, 5.74) is 0.694. The Hall–Kier alpha value is -1.35. The van der Waals surface area contributed by atoms with Gasteiger partial charge >= 0.3 is 0 Å². The number of aliphatic hydroxyl groups excluding tert-OH is 1. The van der Waals surface area contributed by atoms with Crippen LogP contribution in [0.4, 0.5) is 0 Å². The minimum absolute atomic E-state index is 0.120. The van der Waals surface area contributed by atoms with Crippen molar-refractivity contribution in [2.75, 3.05) is 0 Å². The van der Waals surface area contributed by atoms with Gasteiger partial charge < -0.3 is 9.84 Å². The van der Waals surface area contributed by atoms with Gasteiger partial charge in [-0.2, -0.15) is 0 Å². The fourth-order valence-corrected chi connectivity index (χ4v) is 1.24. The minimum Gasteiger partial charge on any atom is -0.488 e. The molecular weight excluding hydrogens is 204 g/mol. The summed E-state index contributed by atoms with van der Waals surface area (Å²) >= 11 is 0. The lowest BCUT2D eigenvalue weighted by Gasteiger charge is -2.17. The predicted octanol–water partition coefficient (Wildman–Crippen LogP) is 2.43. The molecule has 1 aromatic rings. The fourth-order valence-electron chi connectivity index (χ4n) is 1.24. The van der Waals surface area contributed by atoms with Gasteiger partial charge in [0.15, 0.2) is 5.78 Å². The van der Waals surface area contributed by atoms with E-state index in [0.717, 1.165) is 0 Å². The van der Waals surface area contributed by atoms with Crippen LogP contribution in [0.3, 0.4) is 0 Å². The number of carbonyl (C=O) groups excluding carboxylic acids is 1. The minimum atomic E-state index is -0.517. The zero-order valence-electron chi connectivity index (χ0n) is 9.93. The third-order valence-electron chi connectivity index (χ3n) is 2.50. The van der Waals surface area contributed by atoms with Crippen LogP contribution in [-0.4, -0.2) is 23.1 Å². The Morgan fingerprint density at radius 1 is 1.31 bits per heavy atom. The molecule has 0 saturated carbocycles. The summed E-state index contributed by atoms with van der Waals surface area (Å²) in [6, 6.07) is 7.00. The van der Waals surface area contributed by atoms with E-state index in [2.05, 4.69) is 0 Å². The molecule has 88 valence electrons. The topological polar surface area (TPSA) is 46.5 Å². The van der Waals surface area contributed by atoms with Crippen LogP contribution in [-0.2, 0) is 0 Å². The molecule has 1 N–H and O–H groups in total. The molecule has 0 aliphatic heterocycles. The van der Waals surface area contributed by atoms with Crippen LogP contribution >= 0.6 is 0 Å². The normalized spacial score (nSPS) is 14.2. The molecule has 2 atom stereocenters. The van der Waals surface area contributed by atoms with E-state index in [1.54, 1.807) is 38.1 Å². The van der Waals surface area contributed by atoms with Gasteiger partial charge in [0, 0.05) is 12.0 Å². The van der Waals surface area contributed by atoms with Crippen molar-refractivity contribution in [2.24, 2.45) is 0 Å². The molecule has 0 bridgehead atoms. The number of hydrogen-bond donors (Lipinski definition) is 1. The highest BCUT2D eigenvalue weighted by Crippen LogP contribution is 2.15. The largest absolute Gasteiger partial charge is 0.488 e. The lowest BCUT2D eigenvalue weighted by Crippen LogP contribution is -2.25. The van der Waals surface area contributed by atoms with E-state index < -0.39 is 6.10 Å². The van der Waals surface area contributed by atoms with Gasteiger partial charge in [0.1, 0.15) is 11.9 Å². The van der Waals surface area contributed by atoms with Crippen molar-refractivity contribution >= 4 is 5.78 Å². The number of benzene rings is 1. The quantitative estimate of drug-likeness (QED) is 0.778. The number of ether oxygens (including phenoxy) is 1. The van der Waals surface area contributed by atoms with Gasteiger partial charge in [0.25, 0.3) is 0 Å². The monoisotopic (exact) mass is 222 g/mol. The molecule has 1 aromatic carbocycles. The summed E-state index contributed by atoms with van der Waals surface area (Å²) in [6.45, 7) is 5.32. The van der Waals surface area contributed by atoms with E-state index in [-0.39, 0.29) is 11.9 Å². The van der Waals surface area contributed by atoms with Gasteiger partial charge in [0.2, 0.25) is 0 Å². The second-order valence-corrected chi connectivity index (χ2v) is 3.86. The first-order valence-electron chi connectivity index (χ1n) is 5.52. The Morgan fingerprint density at radius 2 is 1.88 bits per heavy atom. The van der Waals surface area contributed by atoms with Crippen LogP contribution in [0, 0.1) is 0 Å². The fraction of sp³-hybridized carbons (Fsp3) is 0.462. The molecule has 2 unspecified atom stereocenters. The molecule has 0 aromatic heterocycles. The van der Waals surface area contributed by atoms with Crippen LogP contribution in [0.1, 0.15) is 37.6 Å². The summed E-state index contributed by atoms with van der Waals surface area (Å²) in [6.07, 6.45) is -0.269. The molecule has 0 saturated heterocycles. The standard InChI is InChI=1S/C13H18O3/c1-4-13(15)11-5-7-12(8-6-11)16-10(3)9(2)14/h5-10,14H,4H2,1-3H3. The Balaban J connectivity index is 2.68. The van der Waals surface area contributed by atoms with Gasteiger partial charge in [-0.25, -0.2) is 0 Å². The van der Waals surface area contributed by atoms with Crippen LogP contribution in [0.5, 0.6) is 5.75 Å². The number of aliphatic hydroxyl groups is 1. The first kappa shape index (κ1) is 12.7. The van der Waals surface area contributed by atoms with E-state index in [1.165, 1.54) is 0 Å². The third kappa shape index (κ3) is 3.35. The molecule has 1 rings (SSSR count). The zero-order valence-corrected chi connectivity index (χ0v) is 9.93. The molecule has 3 heteroatoms. The summed E-state index contributed by atoms with van der Waals surface area (Å²) in [7, 11) is 0. The smallest absolute Gasteiger partial charge is 0.162 e. The van der Waals surface area contributed by atoms with E-state index in [9.17, 15) is 9.90 Å². The van der Waals surface area contributed by atoms with Crippen molar-refractivity contribution in [3.63, 3.8) is 0 Å². The number of Topliss-reactive ketones (excluding diaryl/α,β-unsaturated/α-hetero) is 1.